The van der Waals surface area contributed by atoms with Gasteiger partial charge in [0.2, 0.25) is 0 Å². The Morgan fingerprint density at radius 1 is 0.800 bits per heavy atom. The van der Waals surface area contributed by atoms with E-state index in [4.69, 9.17) is 0 Å². The van der Waals surface area contributed by atoms with Gasteiger partial charge >= 0.3 is 0 Å². The van der Waals surface area contributed by atoms with Crippen LogP contribution in [0.1, 0.15) is 12.8 Å². The van der Waals surface area contributed by atoms with Crippen LogP contribution in [0.15, 0.2) is 0 Å². The van der Waals surface area contributed by atoms with Gasteiger partial charge in [0.15, 0.2) is 0 Å². The Morgan fingerprint density at radius 3 is 1.40 bits per heavy atom. The van der Waals surface area contributed by atoms with Crippen molar-refractivity contribution in [3.8, 4) is 0 Å². The third kappa shape index (κ3) is 14.2. The van der Waals surface area contributed by atoms with Crippen LogP contribution in [0.4, 0.5) is 0 Å². The van der Waals surface area contributed by atoms with Gasteiger partial charge in [-0.05, 0) is 24.3 Å². The van der Waals surface area contributed by atoms with Gasteiger partial charge in [0, 0.05) is 12.5 Å². The molecule has 15 heavy (non-hydrogen) atoms. The molecule has 92 valence electrons. The maximum Gasteiger partial charge on any atom is 0.147 e. The highest BCUT2D eigenvalue weighted by atomic mass is 32.2. The van der Waals surface area contributed by atoms with Gasteiger partial charge in [-0.1, -0.05) is 0 Å². The summed E-state index contributed by atoms with van der Waals surface area (Å²) in [6, 6.07) is 0. The van der Waals surface area contributed by atoms with E-state index in [1.165, 1.54) is 12.5 Å². The molecule has 0 radical (unpaired) electrons. The summed E-state index contributed by atoms with van der Waals surface area (Å²) in [5.41, 5.74) is 0. The Hall–Kier alpha value is 0.250. The van der Waals surface area contributed by atoms with E-state index in [9.17, 15) is 16.8 Å². The van der Waals surface area contributed by atoms with Gasteiger partial charge < -0.3 is 0 Å². The van der Waals surface area contributed by atoms with Crippen LogP contribution in [0, 0.1) is 0 Å². The van der Waals surface area contributed by atoms with Crippen LogP contribution in [0.2, 0.25) is 0 Å². The summed E-state index contributed by atoms with van der Waals surface area (Å²) in [5, 5.41) is 0. The van der Waals surface area contributed by atoms with Crippen molar-refractivity contribution in [2.75, 3.05) is 35.5 Å². The van der Waals surface area contributed by atoms with E-state index < -0.39 is 19.7 Å². The highest BCUT2D eigenvalue weighted by Gasteiger charge is 2.03. The second-order valence-corrected chi connectivity index (χ2v) is 9.32. The molecular weight excluding hydrogens is 256 g/mol. The molecule has 0 spiro atoms. The first-order valence-corrected chi connectivity index (χ1v) is 9.91. The van der Waals surface area contributed by atoms with Crippen LogP contribution in [-0.2, 0) is 19.7 Å². The second-order valence-electron chi connectivity index (χ2n) is 3.58. The zero-order chi connectivity index (χ0) is 11.9. The number of sulfone groups is 2. The molecule has 0 bridgehead atoms. The highest BCUT2D eigenvalue weighted by Crippen LogP contribution is 2.06. The van der Waals surface area contributed by atoms with E-state index in [0.29, 0.717) is 12.8 Å². The van der Waals surface area contributed by atoms with Crippen molar-refractivity contribution in [3.63, 3.8) is 0 Å². The minimum atomic E-state index is -2.85. The lowest BCUT2D eigenvalue weighted by Gasteiger charge is -2.00. The summed E-state index contributed by atoms with van der Waals surface area (Å²) in [6.07, 6.45) is 3.73. The Kier molecular flexibility index (Phi) is 6.86. The number of thioether (sulfide) groups is 1. The molecule has 0 aliphatic rings. The molecule has 0 heterocycles. The molecule has 0 aromatic heterocycles. The van der Waals surface area contributed by atoms with Gasteiger partial charge in [0.05, 0.1) is 11.5 Å². The standard InChI is InChI=1S/C8H18O4S3/c1-14(9,10)7-3-5-13-6-4-8-15(2,11)12/h3-8H2,1-2H3. The molecule has 7 heteroatoms. The fraction of sp³-hybridized carbons (Fsp3) is 1.00. The van der Waals surface area contributed by atoms with Crippen molar-refractivity contribution >= 4 is 31.4 Å². The molecule has 4 nitrogen and oxygen atoms in total. The molecule has 0 amide bonds. The molecule has 0 saturated carbocycles. The lowest BCUT2D eigenvalue weighted by atomic mass is 10.6. The molecular formula is C8H18O4S3. The Morgan fingerprint density at radius 2 is 1.13 bits per heavy atom. The van der Waals surface area contributed by atoms with Gasteiger partial charge in [0.1, 0.15) is 19.7 Å². The molecule has 0 unspecified atom stereocenters. The first-order chi connectivity index (χ1) is 6.71. The highest BCUT2D eigenvalue weighted by molar-refractivity contribution is 7.99. The monoisotopic (exact) mass is 274 g/mol. The van der Waals surface area contributed by atoms with Crippen molar-refractivity contribution in [2.45, 2.75) is 12.8 Å². The minimum absolute atomic E-state index is 0.214. The second kappa shape index (κ2) is 6.75. The molecule has 0 aliphatic carbocycles. The lowest BCUT2D eigenvalue weighted by Crippen LogP contribution is -2.05. The Labute approximate surface area is 96.7 Å². The van der Waals surface area contributed by atoms with Crippen LogP contribution in [0.3, 0.4) is 0 Å². The van der Waals surface area contributed by atoms with Crippen LogP contribution in [0.25, 0.3) is 0 Å². The summed E-state index contributed by atoms with van der Waals surface area (Å²) in [5.74, 6) is 1.98. The first kappa shape index (κ1) is 15.2. The topological polar surface area (TPSA) is 68.3 Å². The summed E-state index contributed by atoms with van der Waals surface area (Å²) in [7, 11) is -5.70. The van der Waals surface area contributed by atoms with Gasteiger partial charge in [0.25, 0.3) is 0 Å². The Balaban J connectivity index is 3.34. The van der Waals surface area contributed by atoms with Crippen molar-refractivity contribution in [1.82, 2.24) is 0 Å². The van der Waals surface area contributed by atoms with Crippen LogP contribution in [0.5, 0.6) is 0 Å². The molecule has 0 aromatic carbocycles. The predicted molar refractivity (Wildman–Crippen MR) is 66.0 cm³/mol. The van der Waals surface area contributed by atoms with Crippen molar-refractivity contribution in [1.29, 1.82) is 0 Å². The number of hydrogen-bond acceptors (Lipinski definition) is 5. The van der Waals surface area contributed by atoms with E-state index in [1.54, 1.807) is 11.8 Å². The van der Waals surface area contributed by atoms with E-state index in [2.05, 4.69) is 0 Å². The van der Waals surface area contributed by atoms with E-state index >= 15 is 0 Å². The zero-order valence-corrected chi connectivity index (χ0v) is 11.5. The van der Waals surface area contributed by atoms with E-state index in [1.807, 2.05) is 0 Å². The Bertz CT molecular complexity index is 319. The minimum Gasteiger partial charge on any atom is -0.229 e. The fourth-order valence-electron chi connectivity index (χ4n) is 0.948. The summed E-state index contributed by atoms with van der Waals surface area (Å²) in [6.45, 7) is 0. The predicted octanol–water partition coefficient (Wildman–Crippen LogP) is 0.589. The van der Waals surface area contributed by atoms with Gasteiger partial charge in [-0.25, -0.2) is 16.8 Å². The van der Waals surface area contributed by atoms with Crippen LogP contribution >= 0.6 is 11.8 Å². The number of rotatable bonds is 8. The molecule has 0 aliphatic heterocycles. The molecule has 0 atom stereocenters. The van der Waals surface area contributed by atoms with Crippen molar-refractivity contribution in [2.24, 2.45) is 0 Å². The average molecular weight is 274 g/mol. The summed E-state index contributed by atoms with van der Waals surface area (Å²) < 4.78 is 43.1. The number of hydrogen-bond donors (Lipinski definition) is 0. The molecule has 0 N–H and O–H groups in total. The fourth-order valence-corrected chi connectivity index (χ4v) is 3.55. The van der Waals surface area contributed by atoms with Crippen LogP contribution in [-0.4, -0.2) is 52.4 Å². The third-order valence-corrected chi connectivity index (χ3v) is 4.82. The summed E-state index contributed by atoms with van der Waals surface area (Å²) >= 11 is 1.61. The van der Waals surface area contributed by atoms with Gasteiger partial charge in [-0.15, -0.1) is 0 Å². The van der Waals surface area contributed by atoms with Crippen LogP contribution < -0.4 is 0 Å². The van der Waals surface area contributed by atoms with Crippen molar-refractivity contribution < 1.29 is 16.8 Å². The van der Waals surface area contributed by atoms with E-state index in [0.717, 1.165) is 11.5 Å². The normalized spacial score (nSPS) is 12.9. The quantitative estimate of drug-likeness (QED) is 0.606. The average Bonchev–Trinajstić information content (AvgIpc) is 1.98. The maximum atomic E-state index is 10.8. The zero-order valence-electron chi connectivity index (χ0n) is 9.10. The SMILES string of the molecule is CS(=O)(=O)CCCSCCCS(C)(=O)=O. The maximum absolute atomic E-state index is 10.8. The molecule has 0 aromatic rings. The van der Waals surface area contributed by atoms with E-state index in [-0.39, 0.29) is 11.5 Å². The molecule has 0 saturated heterocycles. The summed E-state index contributed by atoms with van der Waals surface area (Å²) in [4.78, 5) is 0. The third-order valence-electron chi connectivity index (χ3n) is 1.61. The molecule has 0 rings (SSSR count). The van der Waals surface area contributed by atoms with Gasteiger partial charge in [-0.3, -0.25) is 0 Å². The van der Waals surface area contributed by atoms with Crippen molar-refractivity contribution in [3.05, 3.63) is 0 Å². The molecule has 0 fully saturated rings. The van der Waals surface area contributed by atoms with Gasteiger partial charge in [-0.2, -0.15) is 11.8 Å². The largest absolute Gasteiger partial charge is 0.229 e. The lowest BCUT2D eigenvalue weighted by molar-refractivity contribution is 0.599. The first-order valence-electron chi connectivity index (χ1n) is 4.64. The smallest absolute Gasteiger partial charge is 0.147 e.